The maximum atomic E-state index is 14.1. The number of phenols is 1. The number of hydrogen-bond acceptors (Lipinski definition) is 3. The van der Waals surface area contributed by atoms with Crippen molar-refractivity contribution in [2.45, 2.75) is 32.6 Å². The molecule has 0 unspecified atom stereocenters. The van der Waals surface area contributed by atoms with Crippen molar-refractivity contribution in [2.24, 2.45) is 0 Å². The molecular weight excluding hydrogens is 385 g/mol. The first-order valence-electron chi connectivity index (χ1n) is 8.69. The van der Waals surface area contributed by atoms with Crippen LogP contribution >= 0.6 is 11.6 Å². The zero-order valence-electron chi connectivity index (χ0n) is 15.6. The van der Waals surface area contributed by atoms with Gasteiger partial charge in [0.2, 0.25) is 0 Å². The molecule has 5 nitrogen and oxygen atoms in total. The summed E-state index contributed by atoms with van der Waals surface area (Å²) >= 11 is 5.88. The van der Waals surface area contributed by atoms with Crippen LogP contribution in [0.4, 0.5) is 4.39 Å². The van der Waals surface area contributed by atoms with E-state index < -0.39 is 28.9 Å². The third-order valence-corrected chi connectivity index (χ3v) is 5.55. The zero-order chi connectivity index (χ0) is 20.8. The quantitative estimate of drug-likeness (QED) is 0.650. The van der Waals surface area contributed by atoms with Crippen LogP contribution in [-0.2, 0) is 10.2 Å². The fraction of sp³-hybridized carbons (Fsp3) is 0.238. The predicted molar refractivity (Wildman–Crippen MR) is 105 cm³/mol. The normalized spacial score (nSPS) is 13.5. The van der Waals surface area contributed by atoms with Crippen LogP contribution in [0, 0.1) is 12.7 Å². The van der Waals surface area contributed by atoms with E-state index in [1.807, 2.05) is 0 Å². The molecule has 7 heteroatoms. The Hall–Kier alpha value is -2.86. The summed E-state index contributed by atoms with van der Waals surface area (Å²) in [5.41, 5.74) is -0.0542. The number of aliphatic carboxylic acids is 1. The van der Waals surface area contributed by atoms with Gasteiger partial charge in [-0.25, -0.2) is 4.39 Å². The van der Waals surface area contributed by atoms with Crippen LogP contribution in [0.25, 0.3) is 10.9 Å². The minimum Gasteiger partial charge on any atom is -0.505 e. The van der Waals surface area contributed by atoms with E-state index in [9.17, 15) is 24.2 Å². The van der Waals surface area contributed by atoms with E-state index in [2.05, 4.69) is 0 Å². The van der Waals surface area contributed by atoms with E-state index in [1.54, 1.807) is 45.0 Å². The number of carboxylic acids is 1. The van der Waals surface area contributed by atoms with Crippen LogP contribution in [0.15, 0.2) is 36.4 Å². The molecule has 1 atom stereocenters. The molecule has 0 saturated heterocycles. The van der Waals surface area contributed by atoms with Crippen LogP contribution in [0.1, 0.15) is 41.9 Å². The van der Waals surface area contributed by atoms with E-state index in [0.717, 1.165) is 6.07 Å². The highest BCUT2D eigenvalue weighted by Gasteiger charge is 2.39. The molecule has 0 amide bonds. The number of carbonyl (C=O) groups excluding carboxylic acids is 1. The molecule has 0 bridgehead atoms. The van der Waals surface area contributed by atoms with Gasteiger partial charge in [0.15, 0.2) is 11.6 Å². The maximum Gasteiger partial charge on any atom is 0.313 e. The lowest BCUT2D eigenvalue weighted by molar-refractivity contribution is -0.143. The average molecular weight is 404 g/mol. The van der Waals surface area contributed by atoms with Gasteiger partial charge in [0.1, 0.15) is 0 Å². The van der Waals surface area contributed by atoms with Crippen LogP contribution in [0.3, 0.4) is 0 Å². The van der Waals surface area contributed by atoms with E-state index >= 15 is 0 Å². The molecule has 3 rings (SSSR count). The maximum absolute atomic E-state index is 14.1. The summed E-state index contributed by atoms with van der Waals surface area (Å²) in [4.78, 5) is 25.2. The van der Waals surface area contributed by atoms with Gasteiger partial charge in [-0.15, -0.1) is 0 Å². The lowest BCUT2D eigenvalue weighted by Crippen LogP contribution is -2.32. The Kier molecular flexibility index (Phi) is 4.93. The van der Waals surface area contributed by atoms with Crippen LogP contribution in [0.5, 0.6) is 5.75 Å². The van der Waals surface area contributed by atoms with Crippen molar-refractivity contribution in [1.82, 2.24) is 4.57 Å². The van der Waals surface area contributed by atoms with Gasteiger partial charge in [-0.1, -0.05) is 18.5 Å². The standard InChI is InChI=1S/C21H19ClFNO4/c1-4-21(3,20(27)28)18-11(2)24(16-10-15(23)17(25)9-14(16)18)19(26)12-5-7-13(22)8-6-12/h5-10,25H,4H2,1-3H3,(H,27,28)/t21-/m1/s1. The van der Waals surface area contributed by atoms with Crippen molar-refractivity contribution in [1.29, 1.82) is 0 Å². The minimum atomic E-state index is -1.32. The number of aromatic hydroxyl groups is 1. The second-order valence-electron chi connectivity index (χ2n) is 6.92. The van der Waals surface area contributed by atoms with Crippen molar-refractivity contribution in [2.75, 3.05) is 0 Å². The molecule has 1 aromatic heterocycles. The number of carboxylic acid groups (broad SMARTS) is 1. The molecule has 1 heterocycles. The molecular formula is C21H19ClFNO4. The van der Waals surface area contributed by atoms with E-state index in [-0.39, 0.29) is 11.9 Å². The molecule has 28 heavy (non-hydrogen) atoms. The Balaban J connectivity index is 2.39. The van der Waals surface area contributed by atoms with E-state index in [1.165, 1.54) is 10.6 Å². The smallest absolute Gasteiger partial charge is 0.313 e. The van der Waals surface area contributed by atoms with Gasteiger partial charge in [0.25, 0.3) is 5.91 Å². The summed E-state index contributed by atoms with van der Waals surface area (Å²) in [7, 11) is 0. The number of nitrogens with zero attached hydrogens (tertiary/aromatic N) is 1. The zero-order valence-corrected chi connectivity index (χ0v) is 16.3. The SMILES string of the molecule is CC[C@@](C)(C(=O)O)c1c(C)n(C(=O)c2ccc(Cl)cc2)c2cc(F)c(O)cc12. The third kappa shape index (κ3) is 2.94. The van der Waals surface area contributed by atoms with Crippen LogP contribution in [0.2, 0.25) is 5.02 Å². The Morgan fingerprint density at radius 2 is 1.82 bits per heavy atom. The van der Waals surface area contributed by atoms with Gasteiger partial charge in [-0.05, 0) is 56.2 Å². The van der Waals surface area contributed by atoms with Crippen LogP contribution in [-0.4, -0.2) is 26.7 Å². The minimum absolute atomic E-state index is 0.198. The van der Waals surface area contributed by atoms with Gasteiger partial charge in [0, 0.05) is 27.7 Å². The molecule has 146 valence electrons. The van der Waals surface area contributed by atoms with Crippen molar-refractivity contribution in [3.63, 3.8) is 0 Å². The Morgan fingerprint density at radius 3 is 2.36 bits per heavy atom. The van der Waals surface area contributed by atoms with E-state index in [0.29, 0.717) is 27.2 Å². The Labute approximate surface area is 166 Å². The molecule has 0 radical (unpaired) electrons. The number of phenolic OH excluding ortho intramolecular Hbond substituents is 1. The average Bonchev–Trinajstić information content (AvgIpc) is 2.92. The highest BCUT2D eigenvalue weighted by atomic mass is 35.5. The fourth-order valence-corrected chi connectivity index (χ4v) is 3.66. The van der Waals surface area contributed by atoms with Crippen molar-refractivity contribution < 1.29 is 24.2 Å². The molecule has 2 aromatic carbocycles. The summed E-state index contributed by atoms with van der Waals surface area (Å²) in [6.45, 7) is 4.89. The molecule has 0 spiro atoms. The number of fused-ring (bicyclic) bond motifs is 1. The number of rotatable bonds is 4. The molecule has 0 saturated carbocycles. The van der Waals surface area contributed by atoms with Crippen LogP contribution < -0.4 is 0 Å². The molecule has 0 fully saturated rings. The first kappa shape index (κ1) is 19.9. The van der Waals surface area contributed by atoms with Gasteiger partial charge in [0.05, 0.1) is 10.9 Å². The first-order chi connectivity index (χ1) is 13.1. The van der Waals surface area contributed by atoms with Crippen molar-refractivity contribution in [3.8, 4) is 5.75 Å². The summed E-state index contributed by atoms with van der Waals surface area (Å²) in [5.74, 6) is -3.01. The van der Waals surface area contributed by atoms with Gasteiger partial charge in [-0.2, -0.15) is 0 Å². The second-order valence-corrected chi connectivity index (χ2v) is 7.36. The summed E-state index contributed by atoms with van der Waals surface area (Å²) in [5, 5.41) is 20.5. The van der Waals surface area contributed by atoms with Gasteiger partial charge in [-0.3, -0.25) is 14.2 Å². The molecule has 3 aromatic rings. The number of hydrogen-bond donors (Lipinski definition) is 2. The number of benzene rings is 2. The van der Waals surface area contributed by atoms with Gasteiger partial charge < -0.3 is 10.2 Å². The Morgan fingerprint density at radius 1 is 1.21 bits per heavy atom. The first-order valence-corrected chi connectivity index (χ1v) is 9.07. The second kappa shape index (κ2) is 6.95. The number of carbonyl (C=O) groups is 2. The monoisotopic (exact) mass is 403 g/mol. The van der Waals surface area contributed by atoms with Crippen molar-refractivity contribution >= 4 is 34.4 Å². The lowest BCUT2D eigenvalue weighted by Gasteiger charge is -2.24. The molecule has 0 aliphatic carbocycles. The highest BCUT2D eigenvalue weighted by molar-refractivity contribution is 6.30. The van der Waals surface area contributed by atoms with Gasteiger partial charge >= 0.3 is 5.97 Å². The summed E-state index contributed by atoms with van der Waals surface area (Å²) in [6.07, 6.45) is 0.246. The third-order valence-electron chi connectivity index (χ3n) is 5.30. The van der Waals surface area contributed by atoms with E-state index in [4.69, 9.17) is 11.6 Å². The largest absolute Gasteiger partial charge is 0.505 e. The summed E-state index contributed by atoms with van der Waals surface area (Å²) in [6, 6.07) is 8.45. The Bertz CT molecular complexity index is 1100. The molecule has 0 aliphatic heterocycles. The van der Waals surface area contributed by atoms with Crippen molar-refractivity contribution in [3.05, 3.63) is 64.1 Å². The predicted octanol–water partition coefficient (Wildman–Crippen LogP) is 4.89. The molecule has 0 aliphatic rings. The number of aromatic nitrogens is 1. The fourth-order valence-electron chi connectivity index (χ4n) is 3.54. The summed E-state index contributed by atoms with van der Waals surface area (Å²) < 4.78 is 15.4. The highest BCUT2D eigenvalue weighted by Crippen LogP contribution is 2.40. The lowest BCUT2D eigenvalue weighted by atomic mass is 9.78. The molecule has 2 N–H and O–H groups in total. The number of halogens is 2. The topological polar surface area (TPSA) is 79.5 Å².